The molecule has 1 aromatic heterocycles. The van der Waals surface area contributed by atoms with E-state index in [0.29, 0.717) is 13.1 Å². The minimum Gasteiger partial charge on any atom is -0.372 e. The van der Waals surface area contributed by atoms with Crippen LogP contribution in [0.5, 0.6) is 0 Å². The lowest BCUT2D eigenvalue weighted by molar-refractivity contribution is -0.142. The molecule has 2 aliphatic rings. The minimum absolute atomic E-state index is 0.139. The van der Waals surface area contributed by atoms with Crippen LogP contribution in [0.15, 0.2) is 30.0 Å². The fraction of sp³-hybridized carbons (Fsp3) is 0.455. The van der Waals surface area contributed by atoms with Gasteiger partial charge >= 0.3 is 6.18 Å². The van der Waals surface area contributed by atoms with Crippen molar-refractivity contribution in [2.45, 2.75) is 40.0 Å². The molecule has 1 fully saturated rings. The summed E-state index contributed by atoms with van der Waals surface area (Å²) in [6, 6.07) is 6.44. The highest BCUT2D eigenvalue weighted by Crippen LogP contribution is 2.35. The maximum atomic E-state index is 13.0. The zero-order valence-corrected chi connectivity index (χ0v) is 18.4. The number of hydrogen-bond donors (Lipinski definition) is 0. The minimum atomic E-state index is -4.65. The van der Waals surface area contributed by atoms with Gasteiger partial charge in [-0.15, -0.1) is 0 Å². The standard InChI is InChI=1S/C22H24ClF3N4O/c1-13-4-5-16(14(2)6-13)7-28-8-17-10-29(11-18(17)9-28)19(31)12-30-15(3)20(23)21(27-30)22(24,25)26/h4-6,8,18H,7,9-12H2,1-3H3. The van der Waals surface area contributed by atoms with Crippen LogP contribution in [0.3, 0.4) is 0 Å². The lowest BCUT2D eigenvalue weighted by Gasteiger charge is -2.22. The maximum Gasteiger partial charge on any atom is 0.436 e. The molecule has 0 bridgehead atoms. The van der Waals surface area contributed by atoms with E-state index in [2.05, 4.69) is 48.2 Å². The molecule has 2 aromatic rings. The number of fused-ring (bicyclic) bond motifs is 1. The van der Waals surface area contributed by atoms with Crippen molar-refractivity contribution in [2.75, 3.05) is 19.6 Å². The lowest BCUT2D eigenvalue weighted by Crippen LogP contribution is -2.34. The molecule has 0 spiro atoms. The molecule has 166 valence electrons. The van der Waals surface area contributed by atoms with Crippen LogP contribution in [0.2, 0.25) is 5.02 Å². The van der Waals surface area contributed by atoms with Crippen molar-refractivity contribution in [3.05, 3.63) is 63.1 Å². The number of carbonyl (C=O) groups is 1. The van der Waals surface area contributed by atoms with Gasteiger partial charge in [0.05, 0.1) is 10.7 Å². The number of rotatable bonds is 4. The van der Waals surface area contributed by atoms with Crippen LogP contribution in [-0.2, 0) is 24.1 Å². The van der Waals surface area contributed by atoms with Gasteiger partial charge in [0.1, 0.15) is 6.54 Å². The number of amides is 1. The summed E-state index contributed by atoms with van der Waals surface area (Å²) in [6.07, 6.45) is -2.53. The Morgan fingerprint density at radius 2 is 1.97 bits per heavy atom. The average molecular weight is 453 g/mol. The number of aryl methyl sites for hydroxylation is 2. The number of benzene rings is 1. The molecular formula is C22H24ClF3N4O. The van der Waals surface area contributed by atoms with E-state index in [0.717, 1.165) is 17.8 Å². The largest absolute Gasteiger partial charge is 0.436 e. The van der Waals surface area contributed by atoms with Crippen LogP contribution < -0.4 is 0 Å². The molecular weight excluding hydrogens is 429 g/mol. The molecule has 0 saturated carbocycles. The molecule has 0 aliphatic carbocycles. The normalized spacial score (nSPS) is 18.5. The van der Waals surface area contributed by atoms with E-state index in [1.165, 1.54) is 29.2 Å². The fourth-order valence-electron chi connectivity index (χ4n) is 4.32. The molecule has 5 nitrogen and oxygen atoms in total. The molecule has 0 N–H and O–H groups in total. The van der Waals surface area contributed by atoms with Gasteiger partial charge in [0, 0.05) is 38.3 Å². The third kappa shape index (κ3) is 4.31. The summed E-state index contributed by atoms with van der Waals surface area (Å²) in [5, 5.41) is 3.07. The smallest absolute Gasteiger partial charge is 0.372 e. The van der Waals surface area contributed by atoms with Crippen molar-refractivity contribution in [1.29, 1.82) is 0 Å². The third-order valence-corrected chi connectivity index (χ3v) is 6.51. The maximum absolute atomic E-state index is 13.0. The summed E-state index contributed by atoms with van der Waals surface area (Å²) < 4.78 is 40.1. The first kappa shape index (κ1) is 21.7. The quantitative estimate of drug-likeness (QED) is 0.693. The molecule has 3 heterocycles. The number of carbonyl (C=O) groups excluding carboxylic acids is 1. The molecule has 1 saturated heterocycles. The summed E-state index contributed by atoms with van der Waals surface area (Å²) in [5.74, 6) is -0.00466. The van der Waals surface area contributed by atoms with E-state index in [4.69, 9.17) is 11.6 Å². The second-order valence-corrected chi connectivity index (χ2v) is 8.82. The summed E-state index contributed by atoms with van der Waals surface area (Å²) in [4.78, 5) is 16.7. The molecule has 9 heteroatoms. The summed E-state index contributed by atoms with van der Waals surface area (Å²) in [6.45, 7) is 8.08. The van der Waals surface area contributed by atoms with Crippen molar-refractivity contribution in [1.82, 2.24) is 19.6 Å². The van der Waals surface area contributed by atoms with Crippen LogP contribution in [-0.4, -0.2) is 45.1 Å². The van der Waals surface area contributed by atoms with Gasteiger partial charge < -0.3 is 9.80 Å². The summed E-state index contributed by atoms with van der Waals surface area (Å²) in [5.41, 5.74) is 3.95. The Bertz CT molecular complexity index is 1060. The average Bonchev–Trinajstić information content (AvgIpc) is 3.31. The van der Waals surface area contributed by atoms with Crippen molar-refractivity contribution < 1.29 is 18.0 Å². The predicted octanol–water partition coefficient (Wildman–Crippen LogP) is 4.34. The van der Waals surface area contributed by atoms with Crippen LogP contribution in [0.1, 0.15) is 28.1 Å². The Kier molecular flexibility index (Phi) is 5.54. The molecule has 1 atom stereocenters. The Balaban J connectivity index is 1.40. The molecule has 2 aliphatic heterocycles. The fourth-order valence-corrected chi connectivity index (χ4v) is 4.56. The molecule has 1 unspecified atom stereocenters. The summed E-state index contributed by atoms with van der Waals surface area (Å²) >= 11 is 5.78. The van der Waals surface area contributed by atoms with Crippen LogP contribution in [0.25, 0.3) is 0 Å². The second kappa shape index (κ2) is 7.89. The van der Waals surface area contributed by atoms with Gasteiger partial charge in [-0.25, -0.2) is 0 Å². The first-order chi connectivity index (χ1) is 14.5. The topological polar surface area (TPSA) is 41.4 Å². The first-order valence-corrected chi connectivity index (χ1v) is 10.5. The van der Waals surface area contributed by atoms with E-state index in [-0.39, 0.29) is 24.1 Å². The third-order valence-electron chi connectivity index (χ3n) is 6.05. The van der Waals surface area contributed by atoms with E-state index in [1.807, 2.05) is 0 Å². The van der Waals surface area contributed by atoms with Crippen LogP contribution in [0.4, 0.5) is 13.2 Å². The molecule has 1 amide bonds. The van der Waals surface area contributed by atoms with Crippen molar-refractivity contribution in [3.63, 3.8) is 0 Å². The first-order valence-electron chi connectivity index (χ1n) is 10.1. The summed E-state index contributed by atoms with van der Waals surface area (Å²) in [7, 11) is 0. The predicted molar refractivity (Wildman–Crippen MR) is 111 cm³/mol. The zero-order valence-electron chi connectivity index (χ0n) is 17.6. The zero-order chi connectivity index (χ0) is 22.5. The number of aromatic nitrogens is 2. The van der Waals surface area contributed by atoms with Gasteiger partial charge in [-0.3, -0.25) is 9.48 Å². The monoisotopic (exact) mass is 452 g/mol. The molecule has 31 heavy (non-hydrogen) atoms. The van der Waals surface area contributed by atoms with Crippen LogP contribution >= 0.6 is 11.6 Å². The van der Waals surface area contributed by atoms with Gasteiger partial charge in [0.25, 0.3) is 0 Å². The van der Waals surface area contributed by atoms with Crippen molar-refractivity contribution >= 4 is 17.5 Å². The number of halogens is 4. The Morgan fingerprint density at radius 3 is 2.58 bits per heavy atom. The SMILES string of the molecule is Cc1ccc(CN2C=C3CN(C(=O)Cn4nc(C(F)(F)F)c(Cl)c4C)CC3C2)c(C)c1. The van der Waals surface area contributed by atoms with E-state index < -0.39 is 16.9 Å². The lowest BCUT2D eigenvalue weighted by atomic mass is 10.1. The Hall–Kier alpha value is -2.48. The van der Waals surface area contributed by atoms with Gasteiger partial charge in [0.2, 0.25) is 5.91 Å². The molecule has 1 aromatic carbocycles. The molecule has 0 radical (unpaired) electrons. The van der Waals surface area contributed by atoms with Gasteiger partial charge in [0.15, 0.2) is 5.69 Å². The van der Waals surface area contributed by atoms with E-state index >= 15 is 0 Å². The highest BCUT2D eigenvalue weighted by atomic mass is 35.5. The Morgan fingerprint density at radius 1 is 1.23 bits per heavy atom. The Labute approximate surface area is 184 Å². The van der Waals surface area contributed by atoms with Gasteiger partial charge in [-0.1, -0.05) is 35.4 Å². The van der Waals surface area contributed by atoms with Crippen molar-refractivity contribution in [3.8, 4) is 0 Å². The van der Waals surface area contributed by atoms with Crippen molar-refractivity contribution in [2.24, 2.45) is 5.92 Å². The number of hydrogen-bond acceptors (Lipinski definition) is 3. The van der Waals surface area contributed by atoms with Gasteiger partial charge in [-0.2, -0.15) is 18.3 Å². The number of likely N-dealkylation sites (tertiary alicyclic amines) is 1. The number of alkyl halides is 3. The second-order valence-electron chi connectivity index (χ2n) is 8.44. The number of nitrogens with zero attached hydrogens (tertiary/aromatic N) is 4. The highest BCUT2D eigenvalue weighted by Gasteiger charge is 2.39. The van der Waals surface area contributed by atoms with Crippen LogP contribution in [0, 0.1) is 26.7 Å². The van der Waals surface area contributed by atoms with E-state index in [9.17, 15) is 18.0 Å². The van der Waals surface area contributed by atoms with E-state index in [1.54, 1.807) is 4.90 Å². The molecule has 4 rings (SSSR count). The van der Waals surface area contributed by atoms with Gasteiger partial charge in [-0.05, 0) is 37.5 Å². The highest BCUT2D eigenvalue weighted by molar-refractivity contribution is 6.32.